The predicted molar refractivity (Wildman–Crippen MR) is 116 cm³/mol. The highest BCUT2D eigenvalue weighted by atomic mass is 35.5. The van der Waals surface area contributed by atoms with Crippen LogP contribution in [-0.2, 0) is 4.79 Å². The fraction of sp³-hybridized carbons (Fsp3) is 0.300. The first-order valence-corrected chi connectivity index (χ1v) is 9.99. The predicted octanol–water partition coefficient (Wildman–Crippen LogP) is 4.79. The highest BCUT2D eigenvalue weighted by Crippen LogP contribution is 2.29. The molecule has 1 amide bonds. The number of nitrogens with zero attached hydrogens (tertiary/aromatic N) is 1. The van der Waals surface area contributed by atoms with Gasteiger partial charge in [-0.15, -0.1) is 0 Å². The number of nitrogens with one attached hydrogen (secondary N) is 1. The van der Waals surface area contributed by atoms with Gasteiger partial charge in [0.05, 0.1) is 17.2 Å². The highest BCUT2D eigenvalue weighted by Gasteiger charge is 2.18. The van der Waals surface area contributed by atoms with Gasteiger partial charge in [-0.05, 0) is 49.2 Å². The number of anilines is 1. The van der Waals surface area contributed by atoms with Crippen molar-refractivity contribution in [3.8, 4) is 11.5 Å². The van der Waals surface area contributed by atoms with Gasteiger partial charge in [-0.3, -0.25) is 4.79 Å². The van der Waals surface area contributed by atoms with E-state index in [9.17, 15) is 4.79 Å². The summed E-state index contributed by atoms with van der Waals surface area (Å²) >= 11 is 17.4. The molecule has 1 aliphatic heterocycles. The van der Waals surface area contributed by atoms with Gasteiger partial charge in [0.2, 0.25) is 0 Å². The first kappa shape index (κ1) is 20.7. The number of carbonyl (C=O) groups is 1. The van der Waals surface area contributed by atoms with Crippen LogP contribution in [0.4, 0.5) is 5.69 Å². The molecule has 0 saturated carbocycles. The highest BCUT2D eigenvalue weighted by molar-refractivity contribution is 7.80. The Labute approximate surface area is 179 Å². The summed E-state index contributed by atoms with van der Waals surface area (Å²) < 4.78 is 11.0. The van der Waals surface area contributed by atoms with Crippen LogP contribution in [0.3, 0.4) is 0 Å². The van der Waals surface area contributed by atoms with Gasteiger partial charge in [0, 0.05) is 24.3 Å². The molecule has 1 heterocycles. The summed E-state index contributed by atoms with van der Waals surface area (Å²) in [6, 6.07) is 10.4. The molecule has 2 aromatic rings. The summed E-state index contributed by atoms with van der Waals surface area (Å²) in [6.45, 7) is 1.79. The summed E-state index contributed by atoms with van der Waals surface area (Å²) in [5.74, 6) is 0.679. The number of halogens is 2. The smallest absolute Gasteiger partial charge is 0.262 e. The van der Waals surface area contributed by atoms with Crippen molar-refractivity contribution in [3.05, 3.63) is 52.0 Å². The van der Waals surface area contributed by atoms with E-state index in [-0.39, 0.29) is 12.5 Å². The van der Waals surface area contributed by atoms with Crippen molar-refractivity contribution in [2.24, 2.45) is 0 Å². The van der Waals surface area contributed by atoms with E-state index in [4.69, 9.17) is 44.9 Å². The molecule has 3 rings (SSSR count). The molecule has 0 bridgehead atoms. The molecule has 8 heteroatoms. The molecule has 1 saturated heterocycles. The normalized spacial score (nSPS) is 13.3. The molecule has 5 nitrogen and oxygen atoms in total. The molecule has 0 atom stereocenters. The van der Waals surface area contributed by atoms with Gasteiger partial charge < -0.3 is 19.7 Å². The monoisotopic (exact) mass is 438 g/mol. The van der Waals surface area contributed by atoms with Crippen LogP contribution in [-0.4, -0.2) is 42.6 Å². The zero-order chi connectivity index (χ0) is 20.1. The molecule has 1 fully saturated rings. The second kappa shape index (κ2) is 9.45. The number of carbonyl (C=O) groups excluding carboxylic acids is 1. The number of amides is 1. The van der Waals surface area contributed by atoms with Gasteiger partial charge in [-0.2, -0.15) is 0 Å². The van der Waals surface area contributed by atoms with Gasteiger partial charge in [-0.1, -0.05) is 35.4 Å². The second-order valence-corrected chi connectivity index (χ2v) is 7.53. The van der Waals surface area contributed by atoms with Crippen molar-refractivity contribution in [1.82, 2.24) is 4.90 Å². The Kier molecular flexibility index (Phi) is 6.99. The molecule has 2 aromatic carbocycles. The van der Waals surface area contributed by atoms with E-state index in [2.05, 4.69) is 10.2 Å². The van der Waals surface area contributed by atoms with Crippen LogP contribution in [0.2, 0.25) is 10.0 Å². The van der Waals surface area contributed by atoms with E-state index in [1.165, 1.54) is 0 Å². The van der Waals surface area contributed by atoms with Crippen LogP contribution >= 0.6 is 35.4 Å². The van der Waals surface area contributed by atoms with E-state index in [1.54, 1.807) is 31.4 Å². The molecule has 0 radical (unpaired) electrons. The van der Waals surface area contributed by atoms with Crippen molar-refractivity contribution >= 4 is 52.0 Å². The van der Waals surface area contributed by atoms with Crippen molar-refractivity contribution in [2.75, 3.05) is 32.1 Å². The van der Waals surface area contributed by atoms with Gasteiger partial charge in [0.25, 0.3) is 5.91 Å². The van der Waals surface area contributed by atoms with Gasteiger partial charge in [0.1, 0.15) is 4.99 Å². The lowest BCUT2D eigenvalue weighted by atomic mass is 10.2. The molecule has 0 aliphatic carbocycles. The number of ether oxygens (including phenoxy) is 2. The van der Waals surface area contributed by atoms with Crippen LogP contribution in [0.5, 0.6) is 11.5 Å². The molecule has 0 spiro atoms. The average Bonchev–Trinajstić information content (AvgIpc) is 3.23. The van der Waals surface area contributed by atoms with E-state index < -0.39 is 0 Å². The largest absolute Gasteiger partial charge is 0.493 e. The van der Waals surface area contributed by atoms with Crippen LogP contribution in [0.25, 0.3) is 0 Å². The summed E-state index contributed by atoms with van der Waals surface area (Å²) in [5.41, 5.74) is 1.45. The van der Waals surface area contributed by atoms with Crippen LogP contribution in [0.1, 0.15) is 18.4 Å². The minimum atomic E-state index is -0.322. The standard InChI is InChI=1S/C20H20Cl2N2O3S/c1-26-18-10-13(20(28)24-8-2-3-9-24)4-7-17(18)27-12-19(25)23-14-5-6-15(21)16(22)11-14/h4-7,10-11H,2-3,8-9,12H2,1H3,(H,23,25). The Morgan fingerprint density at radius 3 is 2.54 bits per heavy atom. The van der Waals surface area contributed by atoms with Crippen molar-refractivity contribution in [2.45, 2.75) is 12.8 Å². The number of hydrogen-bond donors (Lipinski definition) is 1. The SMILES string of the molecule is COc1cc(C(=S)N2CCCC2)ccc1OCC(=O)Nc1ccc(Cl)c(Cl)c1. The fourth-order valence-electron chi connectivity index (χ4n) is 2.94. The number of methoxy groups -OCH3 is 1. The van der Waals surface area contributed by atoms with Crippen LogP contribution < -0.4 is 14.8 Å². The lowest BCUT2D eigenvalue weighted by Gasteiger charge is -2.19. The minimum absolute atomic E-state index is 0.174. The number of hydrogen-bond acceptors (Lipinski definition) is 4. The summed E-state index contributed by atoms with van der Waals surface area (Å²) in [5, 5.41) is 3.50. The van der Waals surface area contributed by atoms with Crippen LogP contribution in [0, 0.1) is 0 Å². The molecule has 0 unspecified atom stereocenters. The minimum Gasteiger partial charge on any atom is -0.493 e. The maximum absolute atomic E-state index is 12.2. The van der Waals surface area contributed by atoms with Crippen LogP contribution in [0.15, 0.2) is 36.4 Å². The lowest BCUT2D eigenvalue weighted by Crippen LogP contribution is -2.26. The quantitative estimate of drug-likeness (QED) is 0.656. The number of thiocarbonyl (C=S) groups is 1. The average molecular weight is 439 g/mol. The maximum atomic E-state index is 12.2. The van der Waals surface area contributed by atoms with E-state index in [1.807, 2.05) is 12.1 Å². The van der Waals surface area contributed by atoms with E-state index >= 15 is 0 Å². The third-order valence-electron chi connectivity index (χ3n) is 4.37. The van der Waals surface area contributed by atoms with Crippen molar-refractivity contribution in [1.29, 1.82) is 0 Å². The topological polar surface area (TPSA) is 50.8 Å². The number of likely N-dealkylation sites (tertiary alicyclic amines) is 1. The van der Waals surface area contributed by atoms with E-state index in [0.717, 1.165) is 36.5 Å². The molecule has 1 N–H and O–H groups in total. The molecule has 148 valence electrons. The first-order valence-electron chi connectivity index (χ1n) is 8.83. The Morgan fingerprint density at radius 1 is 1.11 bits per heavy atom. The Balaban J connectivity index is 1.62. The first-order chi connectivity index (χ1) is 13.5. The van der Waals surface area contributed by atoms with Crippen molar-refractivity contribution in [3.63, 3.8) is 0 Å². The second-order valence-electron chi connectivity index (χ2n) is 6.33. The molecular weight excluding hydrogens is 419 g/mol. The van der Waals surface area contributed by atoms with Crippen molar-refractivity contribution < 1.29 is 14.3 Å². The van der Waals surface area contributed by atoms with Gasteiger partial charge in [-0.25, -0.2) is 0 Å². The third kappa shape index (κ3) is 5.07. The van der Waals surface area contributed by atoms with E-state index in [0.29, 0.717) is 27.2 Å². The van der Waals surface area contributed by atoms with Gasteiger partial charge in [0.15, 0.2) is 18.1 Å². The van der Waals surface area contributed by atoms with Gasteiger partial charge >= 0.3 is 0 Å². The maximum Gasteiger partial charge on any atom is 0.262 e. The zero-order valence-electron chi connectivity index (χ0n) is 15.3. The Hall–Kier alpha value is -2.02. The molecule has 28 heavy (non-hydrogen) atoms. The summed E-state index contributed by atoms with van der Waals surface area (Å²) in [6.07, 6.45) is 2.32. The molecular formula is C20H20Cl2N2O3S. The molecule has 0 aromatic heterocycles. The summed E-state index contributed by atoms with van der Waals surface area (Å²) in [7, 11) is 1.56. The zero-order valence-corrected chi connectivity index (χ0v) is 17.7. The third-order valence-corrected chi connectivity index (χ3v) is 5.60. The number of rotatable bonds is 6. The Morgan fingerprint density at radius 2 is 1.86 bits per heavy atom. The summed E-state index contributed by atoms with van der Waals surface area (Å²) in [4.78, 5) is 15.1. The lowest BCUT2D eigenvalue weighted by molar-refractivity contribution is -0.118. The number of benzene rings is 2. The Bertz CT molecular complexity index is 886. The fourth-order valence-corrected chi connectivity index (χ4v) is 3.54. The molecule has 1 aliphatic rings.